The van der Waals surface area contributed by atoms with Gasteiger partial charge in [0.15, 0.2) is 0 Å². The molecule has 3 nitrogen and oxygen atoms in total. The smallest absolute Gasteiger partial charge is 0.416 e. The molecule has 0 fully saturated rings. The molecule has 23 heavy (non-hydrogen) atoms. The molecule has 0 unspecified atom stereocenters. The molecular weight excluding hydrogens is 331 g/mol. The Morgan fingerprint density at radius 1 is 1.13 bits per heavy atom. The second kappa shape index (κ2) is 6.34. The minimum absolute atomic E-state index is 0.0143. The SMILES string of the molecule is Nc1cc(C(F)(F)F)ccc1C(=Cc1ccc(Cl)cc1)C(=O)O. The van der Waals surface area contributed by atoms with Gasteiger partial charge in [-0.15, -0.1) is 0 Å². The highest BCUT2D eigenvalue weighted by Crippen LogP contribution is 2.33. The maximum Gasteiger partial charge on any atom is 0.416 e. The van der Waals surface area contributed by atoms with Gasteiger partial charge in [-0.3, -0.25) is 0 Å². The van der Waals surface area contributed by atoms with E-state index in [0.717, 1.165) is 12.1 Å². The van der Waals surface area contributed by atoms with Gasteiger partial charge < -0.3 is 10.8 Å². The maximum absolute atomic E-state index is 12.6. The van der Waals surface area contributed by atoms with Crippen LogP contribution in [0.5, 0.6) is 0 Å². The van der Waals surface area contributed by atoms with Crippen molar-refractivity contribution in [3.8, 4) is 0 Å². The van der Waals surface area contributed by atoms with Crippen LogP contribution < -0.4 is 5.73 Å². The van der Waals surface area contributed by atoms with Crippen LogP contribution in [0.15, 0.2) is 42.5 Å². The van der Waals surface area contributed by atoms with E-state index in [9.17, 15) is 23.1 Å². The van der Waals surface area contributed by atoms with Gasteiger partial charge in [0.2, 0.25) is 0 Å². The summed E-state index contributed by atoms with van der Waals surface area (Å²) in [5, 5.41) is 9.80. The molecule has 120 valence electrons. The molecule has 0 aromatic heterocycles. The van der Waals surface area contributed by atoms with Crippen LogP contribution in [0.1, 0.15) is 16.7 Å². The Hall–Kier alpha value is -2.47. The van der Waals surface area contributed by atoms with E-state index >= 15 is 0 Å². The summed E-state index contributed by atoms with van der Waals surface area (Å²) in [7, 11) is 0. The molecule has 2 aromatic carbocycles. The molecule has 2 aromatic rings. The lowest BCUT2D eigenvalue weighted by molar-refractivity contribution is -0.137. The highest BCUT2D eigenvalue weighted by molar-refractivity contribution is 6.30. The van der Waals surface area contributed by atoms with Crippen molar-refractivity contribution in [2.24, 2.45) is 0 Å². The molecule has 0 heterocycles. The van der Waals surface area contributed by atoms with Gasteiger partial charge in [0, 0.05) is 16.3 Å². The molecule has 0 saturated heterocycles. The quantitative estimate of drug-likeness (QED) is 0.488. The molecule has 0 saturated carbocycles. The van der Waals surface area contributed by atoms with Gasteiger partial charge in [-0.1, -0.05) is 29.8 Å². The number of rotatable bonds is 3. The first-order chi connectivity index (χ1) is 10.7. The second-order valence-electron chi connectivity index (χ2n) is 4.71. The van der Waals surface area contributed by atoms with E-state index in [2.05, 4.69) is 0 Å². The fourth-order valence-electron chi connectivity index (χ4n) is 1.96. The van der Waals surface area contributed by atoms with Crippen LogP contribution in [-0.4, -0.2) is 11.1 Å². The first kappa shape index (κ1) is 16.9. The van der Waals surface area contributed by atoms with Crippen LogP contribution in [0.25, 0.3) is 11.6 Å². The number of carbonyl (C=O) groups is 1. The molecule has 7 heteroatoms. The number of carboxylic acid groups (broad SMARTS) is 1. The maximum atomic E-state index is 12.6. The minimum atomic E-state index is -4.55. The van der Waals surface area contributed by atoms with E-state index in [0.29, 0.717) is 16.7 Å². The molecule has 0 aliphatic heterocycles. The molecule has 3 N–H and O–H groups in total. The van der Waals surface area contributed by atoms with Gasteiger partial charge in [0.25, 0.3) is 0 Å². The Bertz CT molecular complexity index is 768. The van der Waals surface area contributed by atoms with E-state index in [-0.39, 0.29) is 16.8 Å². The van der Waals surface area contributed by atoms with Gasteiger partial charge in [-0.05, 0) is 35.9 Å². The van der Waals surface area contributed by atoms with Crippen LogP contribution in [0.3, 0.4) is 0 Å². The number of aliphatic carboxylic acids is 1. The molecule has 0 radical (unpaired) electrons. The summed E-state index contributed by atoms with van der Waals surface area (Å²) in [6.45, 7) is 0. The summed E-state index contributed by atoms with van der Waals surface area (Å²) < 4.78 is 37.9. The van der Waals surface area contributed by atoms with E-state index in [4.69, 9.17) is 17.3 Å². The molecule has 0 amide bonds. The van der Waals surface area contributed by atoms with E-state index in [1.807, 2.05) is 0 Å². The number of hydrogen-bond donors (Lipinski definition) is 2. The topological polar surface area (TPSA) is 63.3 Å². The number of anilines is 1. The minimum Gasteiger partial charge on any atom is -0.478 e. The first-order valence-corrected chi connectivity index (χ1v) is 6.74. The number of nitrogens with two attached hydrogens (primary N) is 1. The second-order valence-corrected chi connectivity index (χ2v) is 5.15. The summed E-state index contributed by atoms with van der Waals surface area (Å²) in [4.78, 5) is 11.4. The van der Waals surface area contributed by atoms with Crippen molar-refractivity contribution in [2.45, 2.75) is 6.18 Å². The zero-order valence-corrected chi connectivity index (χ0v) is 12.3. The molecular formula is C16H11ClF3NO2. The third kappa shape index (κ3) is 4.04. The van der Waals surface area contributed by atoms with Crippen molar-refractivity contribution in [3.63, 3.8) is 0 Å². The van der Waals surface area contributed by atoms with Gasteiger partial charge >= 0.3 is 12.1 Å². The molecule has 0 atom stereocenters. The zero-order valence-electron chi connectivity index (χ0n) is 11.6. The highest BCUT2D eigenvalue weighted by Gasteiger charge is 2.31. The summed E-state index contributed by atoms with van der Waals surface area (Å²) in [6.07, 6.45) is -3.23. The van der Waals surface area contributed by atoms with Crippen molar-refractivity contribution >= 4 is 34.9 Å². The monoisotopic (exact) mass is 341 g/mol. The van der Waals surface area contributed by atoms with Crippen LogP contribution >= 0.6 is 11.6 Å². The van der Waals surface area contributed by atoms with Gasteiger partial charge in [0.05, 0.1) is 11.1 Å². The summed E-state index contributed by atoms with van der Waals surface area (Å²) in [6, 6.07) is 8.88. The third-order valence-electron chi connectivity index (χ3n) is 3.08. The number of benzene rings is 2. The predicted molar refractivity (Wildman–Crippen MR) is 82.8 cm³/mol. The average molecular weight is 342 g/mol. The molecule has 0 aliphatic rings. The van der Waals surface area contributed by atoms with Crippen molar-refractivity contribution in [2.75, 3.05) is 5.73 Å². The summed E-state index contributed by atoms with van der Waals surface area (Å²) >= 11 is 5.75. The van der Waals surface area contributed by atoms with Crippen LogP contribution in [0, 0.1) is 0 Å². The van der Waals surface area contributed by atoms with Crippen LogP contribution in [0.2, 0.25) is 5.02 Å². The van der Waals surface area contributed by atoms with Crippen LogP contribution in [-0.2, 0) is 11.0 Å². The fraction of sp³-hybridized carbons (Fsp3) is 0.0625. The number of nitrogen functional groups attached to an aromatic ring is 1. The predicted octanol–water partition coefficient (Wildman–Crippen LogP) is 4.57. The number of halogens is 4. The van der Waals surface area contributed by atoms with Crippen molar-refractivity contribution < 1.29 is 23.1 Å². The Morgan fingerprint density at radius 3 is 2.22 bits per heavy atom. The first-order valence-electron chi connectivity index (χ1n) is 6.36. The Morgan fingerprint density at radius 2 is 1.74 bits per heavy atom. The Balaban J connectivity index is 2.50. The van der Waals surface area contributed by atoms with Gasteiger partial charge in [-0.25, -0.2) is 4.79 Å². The number of alkyl halides is 3. The van der Waals surface area contributed by atoms with E-state index < -0.39 is 17.7 Å². The van der Waals surface area contributed by atoms with E-state index in [1.54, 1.807) is 24.3 Å². The average Bonchev–Trinajstić information content (AvgIpc) is 2.46. The zero-order chi connectivity index (χ0) is 17.2. The largest absolute Gasteiger partial charge is 0.478 e. The Kier molecular flexibility index (Phi) is 4.65. The lowest BCUT2D eigenvalue weighted by Crippen LogP contribution is -2.08. The summed E-state index contributed by atoms with van der Waals surface area (Å²) in [5.41, 5.74) is 4.75. The van der Waals surface area contributed by atoms with E-state index in [1.165, 1.54) is 6.08 Å². The van der Waals surface area contributed by atoms with Crippen LogP contribution in [0.4, 0.5) is 18.9 Å². The molecule has 2 rings (SSSR count). The van der Waals surface area contributed by atoms with Gasteiger partial charge in [0.1, 0.15) is 0 Å². The molecule has 0 bridgehead atoms. The van der Waals surface area contributed by atoms with Crippen molar-refractivity contribution in [3.05, 3.63) is 64.2 Å². The normalized spacial score (nSPS) is 12.3. The number of carboxylic acids is 1. The Labute approximate surface area is 134 Å². The van der Waals surface area contributed by atoms with Gasteiger partial charge in [-0.2, -0.15) is 13.2 Å². The summed E-state index contributed by atoms with van der Waals surface area (Å²) in [5.74, 6) is -1.30. The van der Waals surface area contributed by atoms with Crippen molar-refractivity contribution in [1.82, 2.24) is 0 Å². The van der Waals surface area contributed by atoms with Crippen molar-refractivity contribution in [1.29, 1.82) is 0 Å². The number of hydrogen-bond acceptors (Lipinski definition) is 2. The fourth-order valence-corrected chi connectivity index (χ4v) is 2.09. The standard InChI is InChI=1S/C16H11ClF3NO2/c17-11-4-1-9(2-5-11)7-13(15(22)23)12-6-3-10(8-14(12)21)16(18,19)20/h1-8H,21H2,(H,22,23). The lowest BCUT2D eigenvalue weighted by Gasteiger charge is -2.11. The highest BCUT2D eigenvalue weighted by atomic mass is 35.5. The molecule has 0 spiro atoms. The third-order valence-corrected chi connectivity index (χ3v) is 3.33. The molecule has 0 aliphatic carbocycles. The lowest BCUT2D eigenvalue weighted by atomic mass is 9.99.